The van der Waals surface area contributed by atoms with Crippen LogP contribution >= 0.6 is 0 Å². The van der Waals surface area contributed by atoms with E-state index in [0.29, 0.717) is 0 Å². The van der Waals surface area contributed by atoms with Gasteiger partial charge in [0.15, 0.2) is 0 Å². The average Bonchev–Trinajstić information content (AvgIpc) is 3.46. The van der Waals surface area contributed by atoms with Crippen molar-refractivity contribution in [1.29, 1.82) is 0 Å². The molecular formula is C19H27NRu. The van der Waals surface area contributed by atoms with Gasteiger partial charge in [-0.15, -0.1) is 0 Å². The summed E-state index contributed by atoms with van der Waals surface area (Å²) in [5, 5.41) is 4.21. The predicted octanol–water partition coefficient (Wildman–Crippen LogP) is 5.30. The summed E-state index contributed by atoms with van der Waals surface area (Å²) in [6, 6.07) is 0.974. The van der Waals surface area contributed by atoms with Gasteiger partial charge < -0.3 is 0 Å². The first-order valence-electron chi connectivity index (χ1n) is 9.99. The molecule has 0 radical (unpaired) electrons. The molecule has 1 saturated carbocycles. The molecule has 10 heterocycles. The third-order valence-electron chi connectivity index (χ3n) is 17.9. The summed E-state index contributed by atoms with van der Waals surface area (Å²) >= 11 is 0. The Morgan fingerprint density at radius 3 is 1.90 bits per heavy atom. The molecule has 2 heteroatoms. The predicted molar refractivity (Wildman–Crippen MR) is 80.5 cm³/mol. The van der Waals surface area contributed by atoms with Gasteiger partial charge in [0.2, 0.25) is 0 Å². The van der Waals surface area contributed by atoms with Crippen molar-refractivity contribution >= 4 is 0 Å². The molecule has 10 saturated heterocycles. The fourth-order valence-corrected chi connectivity index (χ4v) is 155. The van der Waals surface area contributed by atoms with Crippen LogP contribution in [-0.4, -0.2) is 12.6 Å². The van der Waals surface area contributed by atoms with Crippen LogP contribution in [0.5, 0.6) is 0 Å². The van der Waals surface area contributed by atoms with Gasteiger partial charge in [-0.05, 0) is 0 Å². The van der Waals surface area contributed by atoms with E-state index in [1.807, 2.05) is 0 Å². The van der Waals surface area contributed by atoms with Gasteiger partial charge in [0.25, 0.3) is 0 Å². The Morgan fingerprint density at radius 1 is 0.905 bits per heavy atom. The number of fused-ring (bicyclic) bond motifs is 10. The summed E-state index contributed by atoms with van der Waals surface area (Å²) in [6.45, 7) is 4.08. The molecule has 1 N–H and O–H groups in total. The molecule has 10 aliphatic heterocycles. The van der Waals surface area contributed by atoms with Crippen molar-refractivity contribution in [3.8, 4) is 0 Å². The molecule has 0 aromatic rings. The second kappa shape index (κ2) is 0.941. The average molecular weight is 371 g/mol. The van der Waals surface area contributed by atoms with Gasteiger partial charge in [-0.2, -0.15) is 0 Å². The van der Waals surface area contributed by atoms with Crippen molar-refractivity contribution in [2.75, 3.05) is 6.54 Å². The van der Waals surface area contributed by atoms with Crippen molar-refractivity contribution in [3.63, 3.8) is 0 Å². The molecule has 1 nitrogen and oxygen atoms in total. The Bertz CT molecular complexity index is 954. The molecule has 1 spiro atoms. The van der Waals surface area contributed by atoms with E-state index < -0.39 is 7.72 Å². The van der Waals surface area contributed by atoms with Gasteiger partial charge in [0.05, 0.1) is 0 Å². The fourth-order valence-electron chi connectivity index (χ4n) is 19.5. The molecule has 21 heavy (non-hydrogen) atoms. The van der Waals surface area contributed by atoms with Crippen molar-refractivity contribution in [2.45, 2.75) is 89.7 Å². The zero-order chi connectivity index (χ0) is 13.1. The summed E-state index contributed by atoms with van der Waals surface area (Å²) < 4.78 is 14.8. The van der Waals surface area contributed by atoms with Crippen LogP contribution in [0.3, 0.4) is 0 Å². The van der Waals surface area contributed by atoms with E-state index >= 15 is 0 Å². The Balaban J connectivity index is 1.09. The van der Waals surface area contributed by atoms with E-state index in [1.165, 1.54) is 79.3 Å². The first-order valence-corrected chi connectivity index (χ1v) is 19.9. The Morgan fingerprint density at radius 2 is 1.48 bits per heavy atom. The van der Waals surface area contributed by atoms with E-state index in [1.54, 1.807) is 0 Å². The second-order valence-electron chi connectivity index (χ2n) is 13.4. The second-order valence-corrected chi connectivity index (χ2v) is 50.5. The maximum atomic E-state index is 4.21. The minimum absolute atomic E-state index is 0.974. The molecule has 0 aromatic heterocycles. The zero-order valence-corrected chi connectivity index (χ0v) is 14.7. The van der Waals surface area contributed by atoms with Gasteiger partial charge in [-0.25, -0.2) is 0 Å². The van der Waals surface area contributed by atoms with Crippen LogP contribution in [0.15, 0.2) is 0 Å². The monoisotopic (exact) mass is 371 g/mol. The molecule has 0 amide bonds. The first-order chi connectivity index (χ1) is 10.0. The van der Waals surface area contributed by atoms with Crippen molar-refractivity contribution in [1.82, 2.24) is 5.32 Å². The van der Waals surface area contributed by atoms with E-state index in [4.69, 9.17) is 0 Å². The van der Waals surface area contributed by atoms with E-state index in [2.05, 4.69) is 12.2 Å². The molecule has 5 atom stereocenters. The summed E-state index contributed by atoms with van der Waals surface area (Å²) in [6.07, 6.45) is 7.61. The Hall–Kier alpha value is 0.583. The SMILES string of the molecule is CC(NCC1CCCCC1)[C]12[CH]3[CH]4[CH]5[CH]1[Ru]45321678[CH]2[CH]1[CH]6[CH]7[CH]28. The van der Waals surface area contributed by atoms with Gasteiger partial charge >= 0.3 is 115 Å². The molecule has 11 fully saturated rings. The van der Waals surface area contributed by atoms with Crippen molar-refractivity contribution in [3.05, 3.63) is 0 Å². The summed E-state index contributed by atoms with van der Waals surface area (Å²) in [5.41, 5.74) is 0. The number of nitrogens with one attached hydrogen (secondary N) is 1. The third kappa shape index (κ3) is 0.131. The third-order valence-corrected chi connectivity index (χ3v) is 85.3. The van der Waals surface area contributed by atoms with Gasteiger partial charge in [0.1, 0.15) is 0 Å². The van der Waals surface area contributed by atoms with Crippen LogP contribution < -0.4 is 5.32 Å². The number of hydrogen-bond donors (Lipinski definition) is 1. The van der Waals surface area contributed by atoms with Gasteiger partial charge in [0, 0.05) is 0 Å². The van der Waals surface area contributed by atoms with Crippen LogP contribution in [0, 0.1) is 5.92 Å². The number of rotatable bonds is 4. The van der Waals surface area contributed by atoms with Crippen LogP contribution in [0.25, 0.3) is 0 Å². The Labute approximate surface area is 115 Å². The minimum atomic E-state index is -3.08. The summed E-state index contributed by atoms with van der Waals surface area (Å²) in [5.74, 6) is 1.04. The van der Waals surface area contributed by atoms with Crippen LogP contribution in [-0.2, 0) is 7.72 Å². The molecule has 0 bridgehead atoms. The molecule has 5 unspecified atom stereocenters. The standard InChI is InChI=1S/C14H22N.C5H5.Ru/c1-12(14-9-5-6-10-14)15-11-13-7-3-2-4-8-13;1-2-4-5-3-1;/h5-6,9-10,12-13,15H,2-4,7-8,11H2,1H3;1-5H;. The fraction of sp³-hybridized carbons (Fsp3) is 1.00. The molecule has 1 aliphatic carbocycles. The molecule has 11 aliphatic rings. The van der Waals surface area contributed by atoms with Gasteiger partial charge in [-0.1, -0.05) is 0 Å². The van der Waals surface area contributed by atoms with Crippen LogP contribution in [0.2, 0.25) is 44.6 Å². The molecular weight excluding hydrogens is 343 g/mol. The van der Waals surface area contributed by atoms with Crippen molar-refractivity contribution in [2.24, 2.45) is 5.92 Å². The normalized spacial score (nSPS) is 106. The van der Waals surface area contributed by atoms with E-state index in [9.17, 15) is 0 Å². The Kier molecular flexibility index (Phi) is 0.411. The quantitative estimate of drug-likeness (QED) is 0.662. The summed E-state index contributed by atoms with van der Waals surface area (Å²) in [7, 11) is -3.08. The molecule has 11 rings (SSSR count). The van der Waals surface area contributed by atoms with Crippen LogP contribution in [0.4, 0.5) is 0 Å². The maximum absolute atomic E-state index is 4.21. The zero-order valence-electron chi connectivity index (χ0n) is 12.9. The van der Waals surface area contributed by atoms with Crippen molar-refractivity contribution < 1.29 is 7.72 Å². The van der Waals surface area contributed by atoms with E-state index in [-0.39, 0.29) is 0 Å². The topological polar surface area (TPSA) is 12.0 Å². The summed E-state index contributed by atoms with van der Waals surface area (Å²) in [4.78, 5) is 0. The van der Waals surface area contributed by atoms with Gasteiger partial charge in [-0.3, -0.25) is 0 Å². The van der Waals surface area contributed by atoms with E-state index in [0.717, 1.165) is 16.0 Å². The van der Waals surface area contributed by atoms with Crippen LogP contribution in [0.1, 0.15) is 39.0 Å². The number of hydrogen-bond acceptors (Lipinski definition) is 1. The molecule has 0 aromatic carbocycles. The molecule has 116 valence electrons. The first kappa shape index (κ1) is 9.17.